The third-order valence-corrected chi connectivity index (χ3v) is 3.23. The molecular weight excluding hydrogens is 247 g/mol. The molecule has 1 saturated carbocycles. The fourth-order valence-corrected chi connectivity index (χ4v) is 1.88. The molecule has 19 heavy (non-hydrogen) atoms. The van der Waals surface area contributed by atoms with E-state index in [1.807, 2.05) is 6.92 Å². The molecule has 0 radical (unpaired) electrons. The number of benzene rings is 1. The van der Waals surface area contributed by atoms with Crippen LogP contribution in [0.4, 0.5) is 4.39 Å². The number of hydrogen-bond donors (Lipinski definition) is 2. The average Bonchev–Trinajstić information content (AvgIpc) is 3.21. The van der Waals surface area contributed by atoms with Crippen molar-refractivity contribution in [1.29, 1.82) is 0 Å². The Labute approximate surface area is 111 Å². The third-order valence-electron chi connectivity index (χ3n) is 3.23. The van der Waals surface area contributed by atoms with Crippen LogP contribution >= 0.6 is 0 Å². The van der Waals surface area contributed by atoms with Crippen LogP contribution < -0.4 is 10.6 Å². The molecule has 1 fully saturated rings. The Balaban J connectivity index is 1.76. The minimum Gasteiger partial charge on any atom is -0.352 e. The van der Waals surface area contributed by atoms with Gasteiger partial charge >= 0.3 is 0 Å². The molecule has 0 saturated heterocycles. The molecule has 0 unspecified atom stereocenters. The summed E-state index contributed by atoms with van der Waals surface area (Å²) >= 11 is 0. The van der Waals surface area contributed by atoms with E-state index in [1.54, 1.807) is 0 Å². The van der Waals surface area contributed by atoms with E-state index in [2.05, 4.69) is 10.6 Å². The van der Waals surface area contributed by atoms with E-state index < -0.39 is 5.82 Å². The Bertz CT molecular complexity index is 469. The Kier molecular flexibility index (Phi) is 4.14. The molecule has 1 aliphatic rings. The molecule has 0 bridgehead atoms. The number of carbonyl (C=O) groups is 2. The molecule has 1 atom stereocenters. The fraction of sp³-hybridized carbons (Fsp3) is 0.429. The van der Waals surface area contributed by atoms with Crippen LogP contribution in [0.5, 0.6) is 0 Å². The van der Waals surface area contributed by atoms with Gasteiger partial charge in [-0.05, 0) is 49.9 Å². The quantitative estimate of drug-likeness (QED) is 0.846. The van der Waals surface area contributed by atoms with Crippen LogP contribution in [0.25, 0.3) is 0 Å². The van der Waals surface area contributed by atoms with E-state index in [4.69, 9.17) is 0 Å². The Hall–Kier alpha value is -1.91. The first-order valence-corrected chi connectivity index (χ1v) is 6.39. The van der Waals surface area contributed by atoms with Gasteiger partial charge in [0.2, 0.25) is 5.91 Å². The van der Waals surface area contributed by atoms with E-state index >= 15 is 0 Å². The van der Waals surface area contributed by atoms with Crippen molar-refractivity contribution in [1.82, 2.24) is 10.6 Å². The summed E-state index contributed by atoms with van der Waals surface area (Å²) in [6.45, 7) is 1.91. The zero-order valence-corrected chi connectivity index (χ0v) is 10.8. The predicted octanol–water partition coefficient (Wildman–Crippen LogP) is 1.47. The summed E-state index contributed by atoms with van der Waals surface area (Å²) in [6, 6.07) is 5.36. The number of halogens is 1. The van der Waals surface area contributed by atoms with Crippen LogP contribution in [0, 0.1) is 11.7 Å². The van der Waals surface area contributed by atoms with Crippen molar-refractivity contribution < 1.29 is 14.0 Å². The van der Waals surface area contributed by atoms with Crippen molar-refractivity contribution in [3.8, 4) is 0 Å². The van der Waals surface area contributed by atoms with Gasteiger partial charge in [-0.1, -0.05) is 0 Å². The van der Waals surface area contributed by atoms with Crippen molar-refractivity contribution in [2.24, 2.45) is 5.92 Å². The number of hydrogen-bond acceptors (Lipinski definition) is 2. The van der Waals surface area contributed by atoms with Crippen LogP contribution in [0.2, 0.25) is 0 Å². The lowest BCUT2D eigenvalue weighted by Crippen LogP contribution is -2.41. The van der Waals surface area contributed by atoms with Crippen LogP contribution in [-0.2, 0) is 4.79 Å². The fourth-order valence-electron chi connectivity index (χ4n) is 1.88. The molecule has 5 heteroatoms. The summed E-state index contributed by atoms with van der Waals surface area (Å²) in [7, 11) is 0. The average molecular weight is 264 g/mol. The lowest BCUT2D eigenvalue weighted by molar-refractivity contribution is -0.120. The van der Waals surface area contributed by atoms with Gasteiger partial charge in [0, 0.05) is 11.6 Å². The van der Waals surface area contributed by atoms with Crippen molar-refractivity contribution in [3.05, 3.63) is 35.6 Å². The normalized spacial score (nSPS) is 15.7. The lowest BCUT2D eigenvalue weighted by atomic mass is 10.2. The summed E-state index contributed by atoms with van der Waals surface area (Å²) in [4.78, 5) is 23.3. The summed E-state index contributed by atoms with van der Waals surface area (Å²) in [5.74, 6) is -0.395. The molecule has 0 heterocycles. The van der Waals surface area contributed by atoms with Gasteiger partial charge in [0.05, 0.1) is 6.54 Å². The maximum Gasteiger partial charge on any atom is 0.251 e. The topological polar surface area (TPSA) is 58.2 Å². The lowest BCUT2D eigenvalue weighted by Gasteiger charge is -2.13. The second-order valence-electron chi connectivity index (χ2n) is 4.88. The molecule has 2 amide bonds. The Morgan fingerprint density at radius 1 is 1.32 bits per heavy atom. The largest absolute Gasteiger partial charge is 0.352 e. The number of carbonyl (C=O) groups excluding carboxylic acids is 2. The van der Waals surface area contributed by atoms with Crippen molar-refractivity contribution in [2.75, 3.05) is 6.54 Å². The molecule has 102 valence electrons. The Morgan fingerprint density at radius 3 is 2.53 bits per heavy atom. The van der Waals surface area contributed by atoms with E-state index in [9.17, 15) is 14.0 Å². The van der Waals surface area contributed by atoms with Crippen LogP contribution in [0.3, 0.4) is 0 Å². The van der Waals surface area contributed by atoms with Crippen LogP contribution in [0.1, 0.15) is 30.1 Å². The molecule has 2 N–H and O–H groups in total. The number of nitrogens with one attached hydrogen (secondary N) is 2. The standard InChI is InChI=1S/C14H17FN2O2/c1-9(10-2-3-10)17-13(18)8-16-14(19)11-4-6-12(15)7-5-11/h4-7,9-10H,2-3,8H2,1H3,(H,16,19)(H,17,18)/t9-/m1/s1. The maximum atomic E-state index is 12.7. The SMILES string of the molecule is C[C@@H](NC(=O)CNC(=O)c1ccc(F)cc1)C1CC1. The first-order valence-electron chi connectivity index (χ1n) is 6.39. The molecule has 0 aromatic heterocycles. The third kappa shape index (κ3) is 4.05. The smallest absolute Gasteiger partial charge is 0.251 e. The predicted molar refractivity (Wildman–Crippen MR) is 69.1 cm³/mol. The van der Waals surface area contributed by atoms with Crippen molar-refractivity contribution in [3.63, 3.8) is 0 Å². The van der Waals surface area contributed by atoms with Gasteiger partial charge < -0.3 is 10.6 Å². The van der Waals surface area contributed by atoms with E-state index in [1.165, 1.54) is 24.3 Å². The monoisotopic (exact) mass is 264 g/mol. The molecule has 4 nitrogen and oxygen atoms in total. The molecule has 2 rings (SSSR count). The summed E-state index contributed by atoms with van der Waals surface area (Å²) < 4.78 is 12.7. The molecular formula is C14H17FN2O2. The van der Waals surface area contributed by atoms with Gasteiger partial charge in [-0.25, -0.2) is 4.39 Å². The highest BCUT2D eigenvalue weighted by Gasteiger charge is 2.28. The van der Waals surface area contributed by atoms with Crippen molar-refractivity contribution in [2.45, 2.75) is 25.8 Å². The number of amides is 2. The number of rotatable bonds is 5. The van der Waals surface area contributed by atoms with Crippen LogP contribution in [0.15, 0.2) is 24.3 Å². The summed E-state index contributed by atoms with van der Waals surface area (Å²) in [6.07, 6.45) is 2.31. The van der Waals surface area contributed by atoms with E-state index in [0.29, 0.717) is 11.5 Å². The molecule has 0 spiro atoms. The van der Waals surface area contributed by atoms with E-state index in [-0.39, 0.29) is 24.4 Å². The first-order chi connectivity index (χ1) is 9.06. The molecule has 1 aromatic rings. The van der Waals surface area contributed by atoms with Crippen LogP contribution in [-0.4, -0.2) is 24.4 Å². The molecule has 1 aromatic carbocycles. The highest BCUT2D eigenvalue weighted by atomic mass is 19.1. The maximum absolute atomic E-state index is 12.7. The minimum absolute atomic E-state index is 0.0622. The van der Waals surface area contributed by atoms with Crippen molar-refractivity contribution >= 4 is 11.8 Å². The van der Waals surface area contributed by atoms with Gasteiger partial charge in [0.15, 0.2) is 0 Å². The zero-order valence-electron chi connectivity index (χ0n) is 10.8. The Morgan fingerprint density at radius 2 is 1.95 bits per heavy atom. The summed E-state index contributed by atoms with van der Waals surface area (Å²) in [5, 5.41) is 5.35. The highest BCUT2D eigenvalue weighted by molar-refractivity contribution is 5.96. The highest BCUT2D eigenvalue weighted by Crippen LogP contribution is 2.32. The van der Waals surface area contributed by atoms with Gasteiger partial charge in [-0.3, -0.25) is 9.59 Å². The second kappa shape index (κ2) is 5.82. The summed E-state index contributed by atoms with van der Waals surface area (Å²) in [5.41, 5.74) is 0.337. The molecule has 1 aliphatic carbocycles. The van der Waals surface area contributed by atoms with Gasteiger partial charge in [-0.15, -0.1) is 0 Å². The first kappa shape index (κ1) is 13.5. The minimum atomic E-state index is -0.396. The van der Waals surface area contributed by atoms with Gasteiger partial charge in [0.25, 0.3) is 5.91 Å². The van der Waals surface area contributed by atoms with Gasteiger partial charge in [0.1, 0.15) is 5.82 Å². The van der Waals surface area contributed by atoms with E-state index in [0.717, 1.165) is 12.8 Å². The van der Waals surface area contributed by atoms with Gasteiger partial charge in [-0.2, -0.15) is 0 Å². The zero-order chi connectivity index (χ0) is 13.8. The molecule has 0 aliphatic heterocycles. The second-order valence-corrected chi connectivity index (χ2v) is 4.88.